The Morgan fingerprint density at radius 2 is 1.65 bits per heavy atom. The lowest BCUT2D eigenvalue weighted by Crippen LogP contribution is -2.29. The standard InChI is InChI=1S/C16H27N/c1-5-13(3)11-16(17-4)12-15-9-7-14(6-2)8-10-15/h7-10,13,16-17H,5-6,11-12H2,1-4H3. The van der Waals surface area contributed by atoms with Crippen LogP contribution in [0.1, 0.15) is 44.7 Å². The number of rotatable bonds is 7. The van der Waals surface area contributed by atoms with E-state index >= 15 is 0 Å². The van der Waals surface area contributed by atoms with E-state index < -0.39 is 0 Å². The Morgan fingerprint density at radius 3 is 2.12 bits per heavy atom. The lowest BCUT2D eigenvalue weighted by atomic mass is 9.94. The molecule has 0 saturated heterocycles. The summed E-state index contributed by atoms with van der Waals surface area (Å²) in [7, 11) is 2.08. The van der Waals surface area contributed by atoms with Crippen LogP contribution in [0.25, 0.3) is 0 Å². The Balaban J connectivity index is 2.54. The molecule has 0 aliphatic carbocycles. The summed E-state index contributed by atoms with van der Waals surface area (Å²) in [5.41, 5.74) is 2.88. The van der Waals surface area contributed by atoms with Crippen LogP contribution in [0.4, 0.5) is 0 Å². The van der Waals surface area contributed by atoms with Gasteiger partial charge in [0.2, 0.25) is 0 Å². The first-order valence-electron chi connectivity index (χ1n) is 6.94. The van der Waals surface area contributed by atoms with Crippen LogP contribution in [0.2, 0.25) is 0 Å². The second-order valence-electron chi connectivity index (χ2n) is 5.11. The maximum atomic E-state index is 3.44. The number of hydrogen-bond donors (Lipinski definition) is 1. The minimum absolute atomic E-state index is 0.609. The van der Waals surface area contributed by atoms with Crippen molar-refractivity contribution in [2.24, 2.45) is 5.92 Å². The average Bonchev–Trinajstić information content (AvgIpc) is 2.38. The maximum absolute atomic E-state index is 3.44. The third kappa shape index (κ3) is 4.91. The second-order valence-corrected chi connectivity index (χ2v) is 5.11. The van der Waals surface area contributed by atoms with Gasteiger partial charge in [0.15, 0.2) is 0 Å². The van der Waals surface area contributed by atoms with Crippen molar-refractivity contribution in [1.29, 1.82) is 0 Å². The quantitative estimate of drug-likeness (QED) is 0.755. The van der Waals surface area contributed by atoms with Gasteiger partial charge in [0.25, 0.3) is 0 Å². The van der Waals surface area contributed by atoms with Crippen LogP contribution in [-0.2, 0) is 12.8 Å². The molecule has 1 rings (SSSR count). The second kappa shape index (κ2) is 7.50. The minimum Gasteiger partial charge on any atom is -0.317 e. The fourth-order valence-corrected chi connectivity index (χ4v) is 2.15. The van der Waals surface area contributed by atoms with Crippen LogP contribution >= 0.6 is 0 Å². The van der Waals surface area contributed by atoms with Gasteiger partial charge in [0, 0.05) is 6.04 Å². The predicted molar refractivity (Wildman–Crippen MR) is 76.4 cm³/mol. The number of likely N-dealkylation sites (N-methyl/N-ethyl adjacent to an activating group) is 1. The molecule has 0 spiro atoms. The highest BCUT2D eigenvalue weighted by molar-refractivity contribution is 5.23. The number of benzene rings is 1. The highest BCUT2D eigenvalue weighted by Gasteiger charge is 2.10. The molecule has 1 aromatic carbocycles. The largest absolute Gasteiger partial charge is 0.317 e. The molecule has 0 aliphatic rings. The highest BCUT2D eigenvalue weighted by atomic mass is 14.9. The Morgan fingerprint density at radius 1 is 1.06 bits per heavy atom. The zero-order valence-corrected chi connectivity index (χ0v) is 11.8. The van der Waals surface area contributed by atoms with Crippen LogP contribution in [0.5, 0.6) is 0 Å². The van der Waals surface area contributed by atoms with Crippen molar-refractivity contribution in [2.75, 3.05) is 7.05 Å². The molecule has 0 fully saturated rings. The Bertz CT molecular complexity index is 302. The monoisotopic (exact) mass is 233 g/mol. The van der Waals surface area contributed by atoms with Crippen LogP contribution in [0.3, 0.4) is 0 Å². The zero-order valence-electron chi connectivity index (χ0n) is 11.8. The normalized spacial score (nSPS) is 14.6. The Kier molecular flexibility index (Phi) is 6.28. The summed E-state index contributed by atoms with van der Waals surface area (Å²) in [4.78, 5) is 0. The lowest BCUT2D eigenvalue weighted by molar-refractivity contribution is 0.410. The van der Waals surface area contributed by atoms with Gasteiger partial charge in [0.1, 0.15) is 0 Å². The van der Waals surface area contributed by atoms with E-state index in [0.29, 0.717) is 6.04 Å². The molecule has 1 nitrogen and oxygen atoms in total. The fourth-order valence-electron chi connectivity index (χ4n) is 2.15. The molecule has 1 aromatic rings. The van der Waals surface area contributed by atoms with Crippen molar-refractivity contribution in [3.05, 3.63) is 35.4 Å². The molecule has 0 saturated carbocycles. The van der Waals surface area contributed by atoms with Crippen molar-refractivity contribution in [3.63, 3.8) is 0 Å². The first kappa shape index (κ1) is 14.2. The predicted octanol–water partition coefficient (Wildman–Crippen LogP) is 3.82. The third-order valence-corrected chi connectivity index (χ3v) is 3.71. The van der Waals surface area contributed by atoms with Gasteiger partial charge < -0.3 is 5.32 Å². The smallest absolute Gasteiger partial charge is 0.0107 e. The van der Waals surface area contributed by atoms with Crippen molar-refractivity contribution >= 4 is 0 Å². The molecule has 2 unspecified atom stereocenters. The molecular formula is C16H27N. The summed E-state index contributed by atoms with van der Waals surface area (Å²) < 4.78 is 0. The molecule has 0 amide bonds. The van der Waals surface area contributed by atoms with Gasteiger partial charge >= 0.3 is 0 Å². The van der Waals surface area contributed by atoms with E-state index in [4.69, 9.17) is 0 Å². The molecular weight excluding hydrogens is 206 g/mol. The van der Waals surface area contributed by atoms with E-state index in [2.05, 4.69) is 57.4 Å². The molecule has 1 N–H and O–H groups in total. The van der Waals surface area contributed by atoms with Crippen LogP contribution < -0.4 is 5.32 Å². The number of nitrogens with one attached hydrogen (secondary N) is 1. The molecule has 0 aliphatic heterocycles. The van der Waals surface area contributed by atoms with Gasteiger partial charge in [-0.25, -0.2) is 0 Å². The molecule has 0 radical (unpaired) electrons. The summed E-state index contributed by atoms with van der Waals surface area (Å²) in [6, 6.07) is 9.67. The Labute approximate surface area is 107 Å². The van der Waals surface area contributed by atoms with Crippen molar-refractivity contribution < 1.29 is 0 Å². The third-order valence-electron chi connectivity index (χ3n) is 3.71. The summed E-state index contributed by atoms with van der Waals surface area (Å²) in [6.45, 7) is 6.81. The number of aryl methyl sites for hydroxylation is 1. The molecule has 1 heteroatoms. The molecule has 0 heterocycles. The summed E-state index contributed by atoms with van der Waals surface area (Å²) in [5.74, 6) is 0.808. The lowest BCUT2D eigenvalue weighted by Gasteiger charge is -2.20. The van der Waals surface area contributed by atoms with Gasteiger partial charge in [-0.05, 0) is 43.4 Å². The van der Waals surface area contributed by atoms with Crippen LogP contribution in [-0.4, -0.2) is 13.1 Å². The SMILES string of the molecule is CCc1ccc(CC(CC(C)CC)NC)cc1. The van der Waals surface area contributed by atoms with Gasteiger partial charge in [-0.3, -0.25) is 0 Å². The maximum Gasteiger partial charge on any atom is 0.0107 e. The van der Waals surface area contributed by atoms with E-state index in [9.17, 15) is 0 Å². The van der Waals surface area contributed by atoms with E-state index in [0.717, 1.165) is 18.8 Å². The number of hydrogen-bond acceptors (Lipinski definition) is 1. The van der Waals surface area contributed by atoms with Gasteiger partial charge in [-0.15, -0.1) is 0 Å². The summed E-state index contributed by atoms with van der Waals surface area (Å²) in [5, 5.41) is 3.44. The van der Waals surface area contributed by atoms with Gasteiger partial charge in [-0.1, -0.05) is 51.5 Å². The van der Waals surface area contributed by atoms with Gasteiger partial charge in [0.05, 0.1) is 0 Å². The van der Waals surface area contributed by atoms with E-state index in [1.54, 1.807) is 0 Å². The van der Waals surface area contributed by atoms with Crippen LogP contribution in [0, 0.1) is 5.92 Å². The Hall–Kier alpha value is -0.820. The van der Waals surface area contributed by atoms with Crippen molar-refractivity contribution in [1.82, 2.24) is 5.32 Å². The molecule has 17 heavy (non-hydrogen) atoms. The van der Waals surface area contributed by atoms with Gasteiger partial charge in [-0.2, -0.15) is 0 Å². The fraction of sp³-hybridized carbons (Fsp3) is 0.625. The van der Waals surface area contributed by atoms with Crippen molar-refractivity contribution in [2.45, 2.75) is 52.5 Å². The molecule has 96 valence electrons. The first-order valence-corrected chi connectivity index (χ1v) is 6.94. The van der Waals surface area contributed by atoms with E-state index in [-0.39, 0.29) is 0 Å². The first-order chi connectivity index (χ1) is 8.19. The minimum atomic E-state index is 0.609. The summed E-state index contributed by atoms with van der Waals surface area (Å²) >= 11 is 0. The average molecular weight is 233 g/mol. The zero-order chi connectivity index (χ0) is 12.7. The van der Waals surface area contributed by atoms with E-state index in [1.165, 1.54) is 24.0 Å². The van der Waals surface area contributed by atoms with Crippen LogP contribution in [0.15, 0.2) is 24.3 Å². The van der Waals surface area contributed by atoms with Crippen molar-refractivity contribution in [3.8, 4) is 0 Å². The summed E-state index contributed by atoms with van der Waals surface area (Å²) in [6.07, 6.45) is 4.81. The highest BCUT2D eigenvalue weighted by Crippen LogP contribution is 2.14. The van der Waals surface area contributed by atoms with E-state index in [1.807, 2.05) is 0 Å². The molecule has 0 bridgehead atoms. The molecule has 0 aromatic heterocycles. The molecule has 2 atom stereocenters. The topological polar surface area (TPSA) is 12.0 Å².